The summed E-state index contributed by atoms with van der Waals surface area (Å²) in [5.74, 6) is -1.30. The van der Waals surface area contributed by atoms with E-state index in [4.69, 9.17) is 0 Å². The molecule has 0 aliphatic heterocycles. The fraction of sp³-hybridized carbons (Fsp3) is 0.308. The first-order valence-electron chi connectivity index (χ1n) is 5.96. The van der Waals surface area contributed by atoms with E-state index in [1.165, 1.54) is 11.1 Å². The Bertz CT molecular complexity index is 485. The zero-order valence-electron chi connectivity index (χ0n) is 10.9. The van der Waals surface area contributed by atoms with Gasteiger partial charge < -0.3 is 4.90 Å². The van der Waals surface area contributed by atoms with Crippen LogP contribution in [0.25, 0.3) is 0 Å². The Morgan fingerprint density at radius 3 is 2.63 bits per heavy atom. The normalized spacial score (nSPS) is 10.5. The summed E-state index contributed by atoms with van der Waals surface area (Å²) in [5, 5.41) is 3.76. The molecule has 0 bridgehead atoms. The summed E-state index contributed by atoms with van der Waals surface area (Å²) in [4.78, 5) is 24.6. The van der Waals surface area contributed by atoms with E-state index >= 15 is 0 Å². The Hall–Kier alpha value is -1.69. The van der Waals surface area contributed by atoms with Crippen molar-refractivity contribution >= 4 is 34.0 Å². The third-order valence-corrected chi connectivity index (χ3v) is 2.97. The van der Waals surface area contributed by atoms with Crippen LogP contribution in [0.5, 0.6) is 0 Å². The number of rotatable bonds is 4. The van der Waals surface area contributed by atoms with Crippen molar-refractivity contribution in [3.05, 3.63) is 34.3 Å². The van der Waals surface area contributed by atoms with Gasteiger partial charge >= 0.3 is 11.8 Å². The summed E-state index contributed by atoms with van der Waals surface area (Å²) in [7, 11) is 0. The van der Waals surface area contributed by atoms with Gasteiger partial charge in [-0.25, -0.2) is 5.43 Å². The molecule has 0 spiro atoms. The second kappa shape index (κ2) is 7.68. The van der Waals surface area contributed by atoms with Crippen molar-refractivity contribution in [3.63, 3.8) is 0 Å². The molecule has 0 aliphatic carbocycles. The maximum absolute atomic E-state index is 11.6. The van der Waals surface area contributed by atoms with Gasteiger partial charge in [0.05, 0.1) is 6.21 Å². The zero-order chi connectivity index (χ0) is 14.3. The van der Waals surface area contributed by atoms with Crippen LogP contribution in [0.1, 0.15) is 19.4 Å². The smallest absolute Gasteiger partial charge is 0.329 e. The average molecular weight is 326 g/mol. The number of carbonyl (C=O) groups excluding carboxylic acids is 2. The fourth-order valence-electron chi connectivity index (χ4n) is 1.45. The summed E-state index contributed by atoms with van der Waals surface area (Å²) in [5.41, 5.74) is 3.05. The Morgan fingerprint density at radius 2 is 2.05 bits per heavy atom. The van der Waals surface area contributed by atoms with Gasteiger partial charge in [-0.05, 0) is 31.5 Å². The first kappa shape index (κ1) is 15.4. The highest BCUT2D eigenvalue weighted by Gasteiger charge is 2.18. The van der Waals surface area contributed by atoms with Crippen LogP contribution in [0, 0.1) is 0 Å². The molecule has 1 aromatic rings. The van der Waals surface area contributed by atoms with Crippen LogP contribution >= 0.6 is 15.9 Å². The van der Waals surface area contributed by atoms with Gasteiger partial charge in [0.15, 0.2) is 0 Å². The molecule has 1 aromatic carbocycles. The topological polar surface area (TPSA) is 61.8 Å². The minimum atomic E-state index is -0.727. The lowest BCUT2D eigenvalue weighted by Crippen LogP contribution is -2.41. The first-order valence-corrected chi connectivity index (χ1v) is 6.75. The molecule has 0 heterocycles. The van der Waals surface area contributed by atoms with E-state index in [-0.39, 0.29) is 0 Å². The van der Waals surface area contributed by atoms with Crippen LogP contribution in [0.2, 0.25) is 0 Å². The molecule has 0 fully saturated rings. The molecule has 0 saturated carbocycles. The molecule has 1 rings (SSSR count). The number of benzene rings is 1. The molecule has 5 nitrogen and oxygen atoms in total. The fourth-order valence-corrected chi connectivity index (χ4v) is 1.87. The molecule has 19 heavy (non-hydrogen) atoms. The summed E-state index contributed by atoms with van der Waals surface area (Å²) in [6.45, 7) is 4.63. The number of likely N-dealkylation sites (N-methyl/N-ethyl adjacent to an activating group) is 1. The minimum Gasteiger partial charge on any atom is -0.335 e. The number of carbonyl (C=O) groups is 2. The van der Waals surface area contributed by atoms with Gasteiger partial charge in [-0.3, -0.25) is 9.59 Å². The summed E-state index contributed by atoms with van der Waals surface area (Å²) < 4.78 is 0.919. The van der Waals surface area contributed by atoms with Crippen molar-refractivity contribution in [1.29, 1.82) is 0 Å². The highest BCUT2D eigenvalue weighted by molar-refractivity contribution is 9.10. The SMILES string of the molecule is CCN(CC)C(=O)C(=O)N/N=C/c1cccc(Br)c1. The van der Waals surface area contributed by atoms with Gasteiger partial charge in [0.2, 0.25) is 0 Å². The molecule has 0 aromatic heterocycles. The second-order valence-electron chi connectivity index (χ2n) is 3.73. The van der Waals surface area contributed by atoms with Crippen molar-refractivity contribution in [1.82, 2.24) is 10.3 Å². The first-order chi connectivity index (χ1) is 9.08. The number of nitrogens with zero attached hydrogens (tertiary/aromatic N) is 2. The molecule has 0 saturated heterocycles. The minimum absolute atomic E-state index is 0.498. The van der Waals surface area contributed by atoms with Crippen LogP contribution in [0.15, 0.2) is 33.8 Å². The Morgan fingerprint density at radius 1 is 1.37 bits per heavy atom. The number of hydrogen-bond acceptors (Lipinski definition) is 3. The summed E-state index contributed by atoms with van der Waals surface area (Å²) in [6.07, 6.45) is 1.48. The molecule has 0 atom stereocenters. The maximum Gasteiger partial charge on any atom is 0.329 e. The molecule has 6 heteroatoms. The van der Waals surface area contributed by atoms with Gasteiger partial charge in [0, 0.05) is 17.6 Å². The molecular weight excluding hydrogens is 310 g/mol. The number of hydrazone groups is 1. The molecule has 102 valence electrons. The number of hydrogen-bond donors (Lipinski definition) is 1. The quantitative estimate of drug-likeness (QED) is 0.521. The van der Waals surface area contributed by atoms with E-state index in [1.54, 1.807) is 0 Å². The third-order valence-electron chi connectivity index (χ3n) is 2.47. The standard InChI is InChI=1S/C13H16BrN3O2/c1-3-17(4-2)13(19)12(18)16-15-9-10-6-5-7-11(14)8-10/h5-9H,3-4H2,1-2H3,(H,16,18)/b15-9+. The molecule has 1 N–H and O–H groups in total. The highest BCUT2D eigenvalue weighted by atomic mass is 79.9. The lowest BCUT2D eigenvalue weighted by Gasteiger charge is -2.16. The largest absolute Gasteiger partial charge is 0.335 e. The Labute approximate surface area is 120 Å². The van der Waals surface area contributed by atoms with E-state index < -0.39 is 11.8 Å². The number of nitrogens with one attached hydrogen (secondary N) is 1. The highest BCUT2D eigenvalue weighted by Crippen LogP contribution is 2.09. The summed E-state index contributed by atoms with van der Waals surface area (Å²) >= 11 is 3.33. The Kier molecular flexibility index (Phi) is 6.21. The predicted octanol–water partition coefficient (Wildman–Crippen LogP) is 1.77. The molecule has 0 aliphatic rings. The number of amides is 2. The van der Waals surface area contributed by atoms with Crippen molar-refractivity contribution in [2.24, 2.45) is 5.10 Å². The molecule has 2 amide bonds. The van der Waals surface area contributed by atoms with Crippen molar-refractivity contribution in [2.45, 2.75) is 13.8 Å². The van der Waals surface area contributed by atoms with Crippen LogP contribution in [-0.2, 0) is 9.59 Å². The third kappa shape index (κ3) is 4.82. The van der Waals surface area contributed by atoms with Crippen molar-refractivity contribution < 1.29 is 9.59 Å². The Balaban J connectivity index is 2.57. The second-order valence-corrected chi connectivity index (χ2v) is 4.65. The molecule has 0 radical (unpaired) electrons. The zero-order valence-corrected chi connectivity index (χ0v) is 12.5. The monoisotopic (exact) mass is 325 g/mol. The van der Waals surface area contributed by atoms with Crippen LogP contribution < -0.4 is 5.43 Å². The van der Waals surface area contributed by atoms with E-state index in [0.29, 0.717) is 13.1 Å². The van der Waals surface area contributed by atoms with Gasteiger partial charge in [0.25, 0.3) is 0 Å². The summed E-state index contributed by atoms with van der Waals surface area (Å²) in [6, 6.07) is 7.43. The van der Waals surface area contributed by atoms with Crippen LogP contribution in [0.3, 0.4) is 0 Å². The lowest BCUT2D eigenvalue weighted by atomic mass is 10.2. The van der Waals surface area contributed by atoms with Gasteiger partial charge in [-0.2, -0.15) is 5.10 Å². The van der Waals surface area contributed by atoms with E-state index in [2.05, 4.69) is 26.5 Å². The van der Waals surface area contributed by atoms with Crippen molar-refractivity contribution in [3.8, 4) is 0 Å². The van der Waals surface area contributed by atoms with Gasteiger partial charge in [0.1, 0.15) is 0 Å². The maximum atomic E-state index is 11.6. The van der Waals surface area contributed by atoms with Crippen LogP contribution in [-0.4, -0.2) is 36.0 Å². The van der Waals surface area contributed by atoms with Gasteiger partial charge in [-0.1, -0.05) is 28.1 Å². The predicted molar refractivity (Wildman–Crippen MR) is 77.8 cm³/mol. The number of halogens is 1. The average Bonchev–Trinajstić information content (AvgIpc) is 2.40. The van der Waals surface area contributed by atoms with E-state index in [9.17, 15) is 9.59 Å². The van der Waals surface area contributed by atoms with Crippen molar-refractivity contribution in [2.75, 3.05) is 13.1 Å². The van der Waals surface area contributed by atoms with Gasteiger partial charge in [-0.15, -0.1) is 0 Å². The lowest BCUT2D eigenvalue weighted by molar-refractivity contribution is -0.145. The van der Waals surface area contributed by atoms with Crippen LogP contribution in [0.4, 0.5) is 0 Å². The molecule has 0 unspecified atom stereocenters. The molecular formula is C13H16BrN3O2. The van der Waals surface area contributed by atoms with E-state index in [1.807, 2.05) is 38.1 Å². The van der Waals surface area contributed by atoms with E-state index in [0.717, 1.165) is 10.0 Å².